The van der Waals surface area contributed by atoms with Crippen LogP contribution in [0.25, 0.3) is 0 Å². The number of aromatic carboxylic acids is 1. The molecule has 0 unspecified atom stereocenters. The number of carboxylic acid groups (broad SMARTS) is 1. The molecule has 0 spiro atoms. The molecule has 1 rings (SSSR count). The fourth-order valence-electron chi connectivity index (χ4n) is 1.95. The minimum Gasteiger partial charge on any atom is -0.477 e. The van der Waals surface area contributed by atoms with Crippen LogP contribution in [-0.4, -0.2) is 42.9 Å². The highest BCUT2D eigenvalue weighted by atomic mass is 32.1. The number of aliphatic hydroxyl groups excluding tert-OH is 1. The van der Waals surface area contributed by atoms with Crippen molar-refractivity contribution in [3.63, 3.8) is 0 Å². The molecule has 4 nitrogen and oxygen atoms in total. The third-order valence-electron chi connectivity index (χ3n) is 2.79. The van der Waals surface area contributed by atoms with Crippen LogP contribution >= 0.6 is 11.3 Å². The second-order valence-electron chi connectivity index (χ2n) is 6.97. The van der Waals surface area contributed by atoms with Gasteiger partial charge in [-0.3, -0.25) is 0 Å². The Bertz CT molecular complexity index is 458. The highest BCUT2D eigenvalue weighted by Gasteiger charge is 2.23. The predicted molar refractivity (Wildman–Crippen MR) is 98.5 cm³/mol. The molecule has 128 valence electrons. The lowest BCUT2D eigenvalue weighted by Crippen LogP contribution is -2.34. The van der Waals surface area contributed by atoms with Gasteiger partial charge in [0.15, 0.2) is 0 Å². The fraction of sp³-hybridized carbons (Fsp3) is 0.688. The molecule has 1 aromatic rings. The minimum absolute atomic E-state index is 0.00213. The molecule has 0 aromatic carbocycles. The van der Waals surface area contributed by atoms with Crippen LogP contribution in [0.3, 0.4) is 0 Å². The van der Waals surface area contributed by atoms with Gasteiger partial charge in [0.2, 0.25) is 0 Å². The Kier molecular flexibility index (Phi) is 9.15. The maximum Gasteiger partial charge on any atom is 0.346 e. The van der Waals surface area contributed by atoms with Gasteiger partial charge in [-0.25, -0.2) is 4.79 Å². The van der Waals surface area contributed by atoms with Crippen molar-refractivity contribution in [2.24, 2.45) is 0 Å². The average Bonchev–Trinajstić information content (AvgIpc) is 2.72. The second kappa shape index (κ2) is 9.45. The Balaban J connectivity index is 0.000000534. The third kappa shape index (κ3) is 8.08. The number of carbonyl (C=O) groups is 1. The van der Waals surface area contributed by atoms with Gasteiger partial charge < -0.3 is 15.5 Å². The normalized spacial score (nSPS) is 11.5. The van der Waals surface area contributed by atoms with E-state index in [1.165, 1.54) is 15.8 Å². The SMILES string of the molecule is CC(C)NC(C)C.C[Si](C)(C)c1cc(CCO)c(C(=O)O)s1. The van der Waals surface area contributed by atoms with E-state index in [0.29, 0.717) is 23.4 Å². The van der Waals surface area contributed by atoms with Gasteiger partial charge in [0.05, 0.1) is 8.07 Å². The van der Waals surface area contributed by atoms with Crippen molar-refractivity contribution in [3.8, 4) is 0 Å². The summed E-state index contributed by atoms with van der Waals surface area (Å²) in [5, 5.41) is 21.2. The van der Waals surface area contributed by atoms with Gasteiger partial charge in [0.1, 0.15) is 4.88 Å². The van der Waals surface area contributed by atoms with Crippen LogP contribution in [0.5, 0.6) is 0 Å². The van der Waals surface area contributed by atoms with Gasteiger partial charge in [0.25, 0.3) is 0 Å². The van der Waals surface area contributed by atoms with E-state index in [0.717, 1.165) is 5.56 Å². The molecule has 3 N–H and O–H groups in total. The number of thiophene rings is 1. The molecule has 6 heteroatoms. The van der Waals surface area contributed by atoms with Crippen molar-refractivity contribution >= 4 is 29.9 Å². The number of hydrogen-bond acceptors (Lipinski definition) is 4. The summed E-state index contributed by atoms with van der Waals surface area (Å²) in [6.07, 6.45) is 0.433. The van der Waals surface area contributed by atoms with E-state index < -0.39 is 14.0 Å². The Morgan fingerprint density at radius 2 is 1.73 bits per heavy atom. The van der Waals surface area contributed by atoms with Crippen LogP contribution in [0, 0.1) is 0 Å². The Hall–Kier alpha value is -0.693. The largest absolute Gasteiger partial charge is 0.477 e. The molecule has 1 heterocycles. The van der Waals surface area contributed by atoms with Gasteiger partial charge in [-0.1, -0.05) is 47.3 Å². The molecule has 0 amide bonds. The molecule has 0 aliphatic carbocycles. The molecular weight excluding hydrogens is 314 g/mol. The first-order valence-corrected chi connectivity index (χ1v) is 12.0. The quantitative estimate of drug-likeness (QED) is 0.693. The number of rotatable bonds is 6. The standard InChI is InChI=1S/C10H16O3SSi.C6H15N/c1-15(2,3)8-6-7(4-5-11)9(14-8)10(12)13;1-5(2)7-6(3)4/h6,11H,4-5H2,1-3H3,(H,12,13);5-7H,1-4H3. The number of hydrogen-bond donors (Lipinski definition) is 3. The molecule has 0 fully saturated rings. The minimum atomic E-state index is -1.45. The molecule has 1 aromatic heterocycles. The van der Waals surface area contributed by atoms with E-state index in [1.807, 2.05) is 6.07 Å². The lowest BCUT2D eigenvalue weighted by molar-refractivity contribution is 0.0701. The van der Waals surface area contributed by atoms with Crippen molar-refractivity contribution < 1.29 is 15.0 Å². The van der Waals surface area contributed by atoms with Crippen molar-refractivity contribution in [1.82, 2.24) is 5.32 Å². The summed E-state index contributed by atoms with van der Waals surface area (Å²) in [4.78, 5) is 11.4. The summed E-state index contributed by atoms with van der Waals surface area (Å²) in [5.74, 6) is -0.882. The Morgan fingerprint density at radius 3 is 2.00 bits per heavy atom. The van der Waals surface area contributed by atoms with E-state index in [4.69, 9.17) is 10.2 Å². The van der Waals surface area contributed by atoms with E-state index in [2.05, 4.69) is 52.7 Å². The molecule has 0 saturated heterocycles. The van der Waals surface area contributed by atoms with Crippen LogP contribution in [-0.2, 0) is 6.42 Å². The monoisotopic (exact) mass is 345 g/mol. The van der Waals surface area contributed by atoms with Gasteiger partial charge in [-0.2, -0.15) is 0 Å². The lowest BCUT2D eigenvalue weighted by Gasteiger charge is -2.12. The van der Waals surface area contributed by atoms with E-state index in [9.17, 15) is 4.79 Å². The first-order chi connectivity index (χ1) is 9.98. The first-order valence-electron chi connectivity index (χ1n) is 7.72. The van der Waals surface area contributed by atoms with Gasteiger partial charge >= 0.3 is 5.97 Å². The summed E-state index contributed by atoms with van der Waals surface area (Å²) in [5.41, 5.74) is 0.771. The van der Waals surface area contributed by atoms with Crippen molar-refractivity contribution in [2.75, 3.05) is 6.61 Å². The zero-order valence-electron chi connectivity index (χ0n) is 14.9. The highest BCUT2D eigenvalue weighted by Crippen LogP contribution is 2.19. The van der Waals surface area contributed by atoms with Crippen LogP contribution in [0.2, 0.25) is 19.6 Å². The zero-order valence-corrected chi connectivity index (χ0v) is 16.7. The topological polar surface area (TPSA) is 69.6 Å². The van der Waals surface area contributed by atoms with E-state index in [-0.39, 0.29) is 6.61 Å². The number of nitrogens with one attached hydrogen (secondary N) is 1. The average molecular weight is 346 g/mol. The summed E-state index contributed by atoms with van der Waals surface area (Å²) < 4.78 is 1.18. The number of carboxylic acids is 1. The van der Waals surface area contributed by atoms with Crippen molar-refractivity contribution in [1.29, 1.82) is 0 Å². The summed E-state index contributed by atoms with van der Waals surface area (Å²) in [6.45, 7) is 15.2. The fourth-order valence-corrected chi connectivity index (χ4v) is 4.89. The molecule has 0 atom stereocenters. The van der Waals surface area contributed by atoms with E-state index >= 15 is 0 Å². The van der Waals surface area contributed by atoms with Gasteiger partial charge in [-0.15, -0.1) is 11.3 Å². The zero-order chi connectivity index (χ0) is 17.5. The summed E-state index contributed by atoms with van der Waals surface area (Å²) in [6, 6.07) is 3.20. The second-order valence-corrected chi connectivity index (χ2v) is 13.4. The molecule has 0 saturated carbocycles. The third-order valence-corrected chi connectivity index (χ3v) is 7.53. The first kappa shape index (κ1) is 21.3. The smallest absolute Gasteiger partial charge is 0.346 e. The maximum absolute atomic E-state index is 11.0. The maximum atomic E-state index is 11.0. The molecule has 0 bridgehead atoms. The molecule has 0 aliphatic heterocycles. The number of aliphatic hydroxyl groups is 1. The van der Waals surface area contributed by atoms with Gasteiger partial charge in [-0.05, 0) is 22.6 Å². The Morgan fingerprint density at radius 1 is 1.23 bits per heavy atom. The molecular formula is C16H31NO3SSi. The highest BCUT2D eigenvalue weighted by molar-refractivity contribution is 7.27. The molecule has 22 heavy (non-hydrogen) atoms. The van der Waals surface area contributed by atoms with Crippen molar-refractivity contribution in [3.05, 3.63) is 16.5 Å². The Labute approximate surface area is 139 Å². The van der Waals surface area contributed by atoms with E-state index in [1.54, 1.807) is 0 Å². The molecule has 0 radical (unpaired) electrons. The van der Waals surface area contributed by atoms with Crippen LogP contribution in [0.1, 0.15) is 42.9 Å². The van der Waals surface area contributed by atoms with Crippen LogP contribution in [0.15, 0.2) is 6.07 Å². The lowest BCUT2D eigenvalue weighted by atomic mass is 10.2. The predicted octanol–water partition coefficient (Wildman–Crippen LogP) is 2.92. The van der Waals surface area contributed by atoms with Crippen LogP contribution in [0.4, 0.5) is 0 Å². The molecule has 0 aliphatic rings. The summed E-state index contributed by atoms with van der Waals surface area (Å²) in [7, 11) is -1.45. The summed E-state index contributed by atoms with van der Waals surface area (Å²) >= 11 is 1.37. The van der Waals surface area contributed by atoms with Gasteiger partial charge in [0, 0.05) is 18.7 Å². The van der Waals surface area contributed by atoms with Crippen LogP contribution < -0.4 is 9.82 Å². The van der Waals surface area contributed by atoms with Crippen molar-refractivity contribution in [2.45, 2.75) is 65.8 Å².